The number of nitrogens with one attached hydrogen (secondary N) is 1. The lowest BCUT2D eigenvalue weighted by atomic mass is 10.2. The Balaban J connectivity index is 1.23. The molecule has 1 amide bonds. The van der Waals surface area contributed by atoms with E-state index in [1.165, 1.54) is 10.9 Å². The summed E-state index contributed by atoms with van der Waals surface area (Å²) >= 11 is 0. The second-order valence-corrected chi connectivity index (χ2v) is 6.84. The number of carbonyl (C=O) groups is 1. The van der Waals surface area contributed by atoms with Crippen LogP contribution in [0.2, 0.25) is 0 Å². The number of furan rings is 1. The third-order valence-electron chi connectivity index (χ3n) is 4.56. The Morgan fingerprint density at radius 2 is 2.11 bits per heavy atom. The monoisotopic (exact) mass is 378 g/mol. The van der Waals surface area contributed by atoms with E-state index in [9.17, 15) is 4.79 Å². The lowest BCUT2D eigenvalue weighted by Crippen LogP contribution is -2.35. The van der Waals surface area contributed by atoms with Gasteiger partial charge in [-0.05, 0) is 43.0 Å². The molecule has 0 bridgehead atoms. The average Bonchev–Trinajstić information content (AvgIpc) is 3.42. The van der Waals surface area contributed by atoms with Gasteiger partial charge in [0.1, 0.15) is 0 Å². The Morgan fingerprint density at radius 1 is 1.21 bits per heavy atom. The summed E-state index contributed by atoms with van der Waals surface area (Å²) in [6.07, 6.45) is 5.23. The van der Waals surface area contributed by atoms with Gasteiger partial charge < -0.3 is 18.8 Å². The van der Waals surface area contributed by atoms with Gasteiger partial charge in [-0.3, -0.25) is 4.79 Å². The van der Waals surface area contributed by atoms with Crippen LogP contribution >= 0.6 is 0 Å². The minimum atomic E-state index is 0.0229. The highest BCUT2D eigenvalue weighted by Crippen LogP contribution is 2.17. The van der Waals surface area contributed by atoms with Gasteiger partial charge in [-0.1, -0.05) is 23.4 Å². The number of aryl methyl sites for hydroxylation is 1. The number of amides is 1. The van der Waals surface area contributed by atoms with Crippen molar-refractivity contribution in [2.75, 3.05) is 0 Å². The quantitative estimate of drug-likeness (QED) is 0.504. The van der Waals surface area contributed by atoms with Gasteiger partial charge in [0, 0.05) is 37.1 Å². The van der Waals surface area contributed by atoms with Crippen molar-refractivity contribution in [3.8, 4) is 11.6 Å². The number of hydrogen-bond donors (Lipinski definition) is 1. The maximum Gasteiger partial charge on any atom is 0.238 e. The van der Waals surface area contributed by atoms with Gasteiger partial charge in [-0.15, -0.1) is 0 Å². The lowest BCUT2D eigenvalue weighted by Gasteiger charge is -2.15. The smallest absolute Gasteiger partial charge is 0.238 e. The largest absolute Gasteiger partial charge is 0.461 e. The van der Waals surface area contributed by atoms with Crippen molar-refractivity contribution in [3.63, 3.8) is 0 Å². The highest BCUT2D eigenvalue weighted by atomic mass is 16.5. The summed E-state index contributed by atoms with van der Waals surface area (Å²) in [5.74, 6) is 1.52. The zero-order valence-electron chi connectivity index (χ0n) is 15.7. The second-order valence-electron chi connectivity index (χ2n) is 6.84. The summed E-state index contributed by atoms with van der Waals surface area (Å²) in [6, 6.07) is 13.9. The maximum absolute atomic E-state index is 12.2. The Labute approximate surface area is 162 Å². The van der Waals surface area contributed by atoms with E-state index in [0.717, 1.165) is 6.54 Å². The van der Waals surface area contributed by atoms with Crippen LogP contribution in [0.15, 0.2) is 63.9 Å². The molecule has 0 saturated carbocycles. The highest BCUT2D eigenvalue weighted by Gasteiger charge is 2.13. The van der Waals surface area contributed by atoms with Crippen LogP contribution in [0.3, 0.4) is 0 Å². The predicted octanol–water partition coefficient (Wildman–Crippen LogP) is 3.81. The summed E-state index contributed by atoms with van der Waals surface area (Å²) in [5.41, 5.74) is 1.17. The van der Waals surface area contributed by atoms with E-state index in [-0.39, 0.29) is 11.9 Å². The first-order valence-corrected chi connectivity index (χ1v) is 9.39. The molecule has 0 fully saturated rings. The fraction of sp³-hybridized carbons (Fsp3) is 0.286. The van der Waals surface area contributed by atoms with Crippen molar-refractivity contribution >= 4 is 16.8 Å². The number of aromatic nitrogens is 3. The number of nitrogens with zero attached hydrogens (tertiary/aromatic N) is 3. The molecular weight excluding hydrogens is 356 g/mol. The summed E-state index contributed by atoms with van der Waals surface area (Å²) in [4.78, 5) is 16.5. The van der Waals surface area contributed by atoms with Gasteiger partial charge in [0.05, 0.1) is 6.26 Å². The van der Waals surface area contributed by atoms with Crippen LogP contribution in [0, 0.1) is 0 Å². The summed E-state index contributed by atoms with van der Waals surface area (Å²) < 4.78 is 12.6. The number of para-hydroxylation sites is 1. The molecule has 0 radical (unpaired) electrons. The van der Waals surface area contributed by atoms with Gasteiger partial charge in [-0.25, -0.2) is 0 Å². The third kappa shape index (κ3) is 4.14. The molecule has 7 nitrogen and oxygen atoms in total. The van der Waals surface area contributed by atoms with Crippen LogP contribution < -0.4 is 5.32 Å². The molecule has 28 heavy (non-hydrogen) atoms. The lowest BCUT2D eigenvalue weighted by molar-refractivity contribution is -0.121. The van der Waals surface area contributed by atoms with Crippen molar-refractivity contribution in [2.45, 2.75) is 38.8 Å². The van der Waals surface area contributed by atoms with Gasteiger partial charge in [0.2, 0.25) is 17.6 Å². The Bertz CT molecular complexity index is 1050. The second kappa shape index (κ2) is 8.12. The molecule has 144 valence electrons. The van der Waals surface area contributed by atoms with Crippen LogP contribution in [0.5, 0.6) is 0 Å². The van der Waals surface area contributed by atoms with Gasteiger partial charge in [0.15, 0.2) is 5.76 Å². The molecule has 4 aromatic rings. The average molecular weight is 378 g/mol. The standard InChI is InChI=1S/C21H22N4O3/c1-15(14-25-12-11-16-6-2-3-7-17(16)25)22-19(26)9-4-10-20-23-21(24-28-20)18-8-5-13-27-18/h2-3,5-8,11-13,15H,4,9-10,14H2,1H3,(H,22,26)/t15-/m0/s1. The number of rotatable bonds is 8. The number of benzene rings is 1. The van der Waals surface area contributed by atoms with E-state index in [1.54, 1.807) is 18.4 Å². The zero-order valence-corrected chi connectivity index (χ0v) is 15.7. The molecule has 0 aliphatic carbocycles. The molecule has 7 heteroatoms. The number of carbonyl (C=O) groups excluding carboxylic acids is 1. The van der Waals surface area contributed by atoms with Crippen molar-refractivity contribution in [1.82, 2.24) is 20.0 Å². The van der Waals surface area contributed by atoms with Crippen LogP contribution in [-0.4, -0.2) is 26.7 Å². The molecular formula is C21H22N4O3. The molecule has 1 N–H and O–H groups in total. The first kappa shape index (κ1) is 18.0. The van der Waals surface area contributed by atoms with E-state index in [1.807, 2.05) is 19.1 Å². The highest BCUT2D eigenvalue weighted by molar-refractivity contribution is 5.80. The molecule has 4 rings (SSSR count). The summed E-state index contributed by atoms with van der Waals surface area (Å²) in [5, 5.41) is 8.15. The molecule has 1 aromatic carbocycles. The Hall–Kier alpha value is -3.35. The van der Waals surface area contributed by atoms with Crippen molar-refractivity contribution in [3.05, 3.63) is 60.8 Å². The van der Waals surface area contributed by atoms with E-state index in [2.05, 4.69) is 44.4 Å². The van der Waals surface area contributed by atoms with E-state index < -0.39 is 0 Å². The molecule has 3 aromatic heterocycles. The molecule has 0 aliphatic rings. The molecule has 1 atom stereocenters. The van der Waals surface area contributed by atoms with Gasteiger partial charge in [0.25, 0.3) is 0 Å². The first-order chi connectivity index (χ1) is 13.7. The van der Waals surface area contributed by atoms with Crippen LogP contribution in [0.25, 0.3) is 22.5 Å². The van der Waals surface area contributed by atoms with Gasteiger partial charge in [-0.2, -0.15) is 4.98 Å². The maximum atomic E-state index is 12.2. The van der Waals surface area contributed by atoms with Crippen LogP contribution in [0.1, 0.15) is 25.7 Å². The van der Waals surface area contributed by atoms with E-state index >= 15 is 0 Å². The summed E-state index contributed by atoms with van der Waals surface area (Å²) in [7, 11) is 0. The Kier molecular flexibility index (Phi) is 5.23. The minimum absolute atomic E-state index is 0.0229. The predicted molar refractivity (Wildman–Crippen MR) is 104 cm³/mol. The zero-order chi connectivity index (χ0) is 19.3. The molecule has 0 spiro atoms. The number of hydrogen-bond acceptors (Lipinski definition) is 5. The van der Waals surface area contributed by atoms with E-state index in [0.29, 0.717) is 36.7 Å². The van der Waals surface area contributed by atoms with Crippen molar-refractivity contribution < 1.29 is 13.7 Å². The molecule has 0 aliphatic heterocycles. The molecule has 0 unspecified atom stereocenters. The topological polar surface area (TPSA) is 86.1 Å². The fourth-order valence-electron chi connectivity index (χ4n) is 3.25. The van der Waals surface area contributed by atoms with Crippen LogP contribution in [-0.2, 0) is 17.8 Å². The SMILES string of the molecule is C[C@@H](Cn1ccc2ccccc21)NC(=O)CCCc1nc(-c2ccco2)no1. The molecule has 3 heterocycles. The van der Waals surface area contributed by atoms with E-state index in [4.69, 9.17) is 8.94 Å². The molecule has 0 saturated heterocycles. The minimum Gasteiger partial charge on any atom is -0.461 e. The van der Waals surface area contributed by atoms with Crippen molar-refractivity contribution in [1.29, 1.82) is 0 Å². The Morgan fingerprint density at radius 3 is 2.96 bits per heavy atom. The summed E-state index contributed by atoms with van der Waals surface area (Å²) in [6.45, 7) is 2.75. The normalized spacial score (nSPS) is 12.3. The van der Waals surface area contributed by atoms with Gasteiger partial charge >= 0.3 is 0 Å². The third-order valence-corrected chi connectivity index (χ3v) is 4.56. The fourth-order valence-corrected chi connectivity index (χ4v) is 3.25. The first-order valence-electron chi connectivity index (χ1n) is 9.39. The van der Waals surface area contributed by atoms with Crippen LogP contribution in [0.4, 0.5) is 0 Å². The number of fused-ring (bicyclic) bond motifs is 1. The van der Waals surface area contributed by atoms with Crippen molar-refractivity contribution in [2.24, 2.45) is 0 Å².